The van der Waals surface area contributed by atoms with Crippen LogP contribution in [0.25, 0.3) is 0 Å². The summed E-state index contributed by atoms with van der Waals surface area (Å²) in [5.41, 5.74) is 1.13. The van der Waals surface area contributed by atoms with Crippen LogP contribution in [0.15, 0.2) is 48.5 Å². The van der Waals surface area contributed by atoms with Crippen molar-refractivity contribution in [2.45, 2.75) is 12.6 Å². The lowest BCUT2D eigenvalue weighted by Gasteiger charge is -2.29. The third-order valence-corrected chi connectivity index (χ3v) is 3.68. The van der Waals surface area contributed by atoms with E-state index in [2.05, 4.69) is 4.90 Å². The molecule has 1 atom stereocenters. The van der Waals surface area contributed by atoms with Crippen LogP contribution in [-0.4, -0.2) is 36.1 Å². The standard InChI is InChI=1S/C17H18N2O4/c1-18(10-13-6-8-14(9-7-13)19(20)21)11-15-12-22-16-4-2-3-5-17(16)23-15/h2-9,15H,10-12H2,1H3. The lowest BCUT2D eigenvalue weighted by Crippen LogP contribution is -2.39. The number of nitro groups is 1. The van der Waals surface area contributed by atoms with Gasteiger partial charge in [0.15, 0.2) is 11.5 Å². The highest BCUT2D eigenvalue weighted by Gasteiger charge is 2.21. The minimum Gasteiger partial charge on any atom is -0.486 e. The van der Waals surface area contributed by atoms with Crippen molar-refractivity contribution in [1.29, 1.82) is 0 Å². The normalized spacial score (nSPS) is 16.3. The number of fused-ring (bicyclic) bond motifs is 1. The molecular formula is C17H18N2O4. The van der Waals surface area contributed by atoms with Gasteiger partial charge in [0.05, 0.1) is 4.92 Å². The number of ether oxygens (including phenoxy) is 2. The van der Waals surface area contributed by atoms with Gasteiger partial charge in [-0.25, -0.2) is 0 Å². The zero-order valence-corrected chi connectivity index (χ0v) is 12.8. The lowest BCUT2D eigenvalue weighted by atomic mass is 10.2. The first-order valence-electron chi connectivity index (χ1n) is 7.42. The maximum absolute atomic E-state index is 10.7. The van der Waals surface area contributed by atoms with Crippen molar-refractivity contribution in [2.75, 3.05) is 20.2 Å². The molecule has 0 aromatic heterocycles. The van der Waals surface area contributed by atoms with Crippen LogP contribution in [0.2, 0.25) is 0 Å². The van der Waals surface area contributed by atoms with Gasteiger partial charge < -0.3 is 9.47 Å². The summed E-state index contributed by atoms with van der Waals surface area (Å²) >= 11 is 0. The van der Waals surface area contributed by atoms with E-state index in [1.54, 1.807) is 12.1 Å². The third kappa shape index (κ3) is 3.78. The van der Waals surface area contributed by atoms with Crippen molar-refractivity contribution >= 4 is 5.69 Å². The molecule has 0 saturated carbocycles. The molecule has 0 amide bonds. The van der Waals surface area contributed by atoms with Gasteiger partial charge in [-0.2, -0.15) is 0 Å². The predicted octanol–water partition coefficient (Wildman–Crippen LogP) is 2.87. The molecule has 6 heteroatoms. The minimum atomic E-state index is -0.391. The first-order chi connectivity index (χ1) is 11.1. The average molecular weight is 314 g/mol. The highest BCUT2D eigenvalue weighted by molar-refractivity contribution is 5.40. The number of non-ortho nitro benzene ring substituents is 1. The van der Waals surface area contributed by atoms with Crippen LogP contribution in [0.3, 0.4) is 0 Å². The van der Waals surface area contributed by atoms with Crippen LogP contribution in [0.5, 0.6) is 11.5 Å². The SMILES string of the molecule is CN(Cc1ccc([N+](=O)[O-])cc1)CC1COc2ccccc2O1. The molecule has 0 fully saturated rings. The van der Waals surface area contributed by atoms with E-state index in [9.17, 15) is 10.1 Å². The van der Waals surface area contributed by atoms with Gasteiger partial charge in [-0.15, -0.1) is 0 Å². The molecule has 1 aliphatic heterocycles. The second-order valence-electron chi connectivity index (χ2n) is 5.62. The minimum absolute atomic E-state index is 0.0343. The van der Waals surface area contributed by atoms with Crippen molar-refractivity contribution in [3.8, 4) is 11.5 Å². The molecule has 0 N–H and O–H groups in total. The van der Waals surface area contributed by atoms with E-state index in [0.29, 0.717) is 19.7 Å². The van der Waals surface area contributed by atoms with Crippen LogP contribution in [0.4, 0.5) is 5.69 Å². The predicted molar refractivity (Wildman–Crippen MR) is 85.8 cm³/mol. The molecule has 0 aliphatic carbocycles. The largest absolute Gasteiger partial charge is 0.486 e. The summed E-state index contributed by atoms with van der Waals surface area (Å²) < 4.78 is 11.6. The van der Waals surface area contributed by atoms with Gasteiger partial charge in [0.1, 0.15) is 12.7 Å². The van der Waals surface area contributed by atoms with E-state index < -0.39 is 4.92 Å². The summed E-state index contributed by atoms with van der Waals surface area (Å²) in [4.78, 5) is 12.4. The summed E-state index contributed by atoms with van der Waals surface area (Å²) in [6, 6.07) is 14.3. The number of hydrogen-bond donors (Lipinski definition) is 0. The van der Waals surface area contributed by atoms with Crippen LogP contribution < -0.4 is 9.47 Å². The summed E-state index contributed by atoms with van der Waals surface area (Å²) in [5, 5.41) is 10.7. The van der Waals surface area contributed by atoms with E-state index in [1.165, 1.54) is 12.1 Å². The Balaban J connectivity index is 1.55. The number of nitrogens with zero attached hydrogens (tertiary/aromatic N) is 2. The highest BCUT2D eigenvalue weighted by atomic mass is 16.6. The number of rotatable bonds is 5. The quantitative estimate of drug-likeness (QED) is 0.627. The zero-order chi connectivity index (χ0) is 16.2. The second kappa shape index (κ2) is 6.66. The fourth-order valence-electron chi connectivity index (χ4n) is 2.60. The fraction of sp³-hybridized carbons (Fsp3) is 0.294. The zero-order valence-electron chi connectivity index (χ0n) is 12.8. The smallest absolute Gasteiger partial charge is 0.269 e. The molecule has 1 unspecified atom stereocenters. The average Bonchev–Trinajstić information content (AvgIpc) is 2.55. The summed E-state index contributed by atoms with van der Waals surface area (Å²) in [6.45, 7) is 1.92. The Morgan fingerprint density at radius 2 is 1.87 bits per heavy atom. The third-order valence-electron chi connectivity index (χ3n) is 3.68. The number of nitro benzene ring substituents is 1. The molecule has 1 aliphatic rings. The molecule has 1 heterocycles. The number of hydrogen-bond acceptors (Lipinski definition) is 5. The first-order valence-corrected chi connectivity index (χ1v) is 7.42. The molecule has 0 spiro atoms. The Morgan fingerprint density at radius 3 is 2.57 bits per heavy atom. The Hall–Kier alpha value is -2.60. The van der Waals surface area contributed by atoms with Crippen molar-refractivity contribution < 1.29 is 14.4 Å². The molecule has 0 radical (unpaired) electrons. The molecule has 0 saturated heterocycles. The molecule has 6 nitrogen and oxygen atoms in total. The molecule has 3 rings (SSSR count). The lowest BCUT2D eigenvalue weighted by molar-refractivity contribution is -0.384. The number of benzene rings is 2. The van der Waals surface area contributed by atoms with Gasteiger partial charge in [-0.3, -0.25) is 15.0 Å². The van der Waals surface area contributed by atoms with E-state index in [1.807, 2.05) is 31.3 Å². The Morgan fingerprint density at radius 1 is 1.17 bits per heavy atom. The van der Waals surface area contributed by atoms with Crippen LogP contribution >= 0.6 is 0 Å². The van der Waals surface area contributed by atoms with Gasteiger partial charge in [0, 0.05) is 25.2 Å². The van der Waals surface area contributed by atoms with Crippen molar-refractivity contribution in [1.82, 2.24) is 4.90 Å². The van der Waals surface area contributed by atoms with Gasteiger partial charge >= 0.3 is 0 Å². The van der Waals surface area contributed by atoms with Gasteiger partial charge in [-0.05, 0) is 24.7 Å². The number of likely N-dealkylation sites (N-methyl/N-ethyl adjacent to an activating group) is 1. The van der Waals surface area contributed by atoms with Crippen molar-refractivity contribution in [2.24, 2.45) is 0 Å². The van der Waals surface area contributed by atoms with Crippen LogP contribution in [-0.2, 0) is 6.54 Å². The Labute approximate surface area is 134 Å². The summed E-state index contributed by atoms with van der Waals surface area (Å²) in [5.74, 6) is 1.55. The molecule has 2 aromatic carbocycles. The molecule has 23 heavy (non-hydrogen) atoms. The van der Waals surface area contributed by atoms with Crippen LogP contribution in [0, 0.1) is 10.1 Å². The van der Waals surface area contributed by atoms with Gasteiger partial charge in [0.25, 0.3) is 5.69 Å². The van der Waals surface area contributed by atoms with E-state index >= 15 is 0 Å². The van der Waals surface area contributed by atoms with E-state index in [4.69, 9.17) is 9.47 Å². The monoisotopic (exact) mass is 314 g/mol. The maximum atomic E-state index is 10.7. The Kier molecular flexibility index (Phi) is 4.43. The van der Waals surface area contributed by atoms with Crippen LogP contribution in [0.1, 0.15) is 5.56 Å². The van der Waals surface area contributed by atoms with E-state index in [0.717, 1.165) is 17.1 Å². The molecular weight excluding hydrogens is 296 g/mol. The first kappa shape index (κ1) is 15.3. The van der Waals surface area contributed by atoms with Crippen molar-refractivity contribution in [3.05, 3.63) is 64.2 Å². The summed E-state index contributed by atoms with van der Waals surface area (Å²) in [7, 11) is 1.99. The number of para-hydroxylation sites is 2. The molecule has 0 bridgehead atoms. The maximum Gasteiger partial charge on any atom is 0.269 e. The topological polar surface area (TPSA) is 64.8 Å². The Bertz CT molecular complexity index is 687. The fourth-order valence-corrected chi connectivity index (χ4v) is 2.60. The summed E-state index contributed by atoms with van der Waals surface area (Å²) in [6.07, 6.45) is -0.0343. The van der Waals surface area contributed by atoms with E-state index in [-0.39, 0.29) is 11.8 Å². The van der Waals surface area contributed by atoms with Gasteiger partial charge in [0.2, 0.25) is 0 Å². The molecule has 120 valence electrons. The van der Waals surface area contributed by atoms with Gasteiger partial charge in [-0.1, -0.05) is 24.3 Å². The molecule has 2 aromatic rings. The van der Waals surface area contributed by atoms with Crippen molar-refractivity contribution in [3.63, 3.8) is 0 Å². The highest BCUT2D eigenvalue weighted by Crippen LogP contribution is 2.31. The second-order valence-corrected chi connectivity index (χ2v) is 5.62.